The van der Waals surface area contributed by atoms with Gasteiger partial charge in [-0.15, -0.1) is 11.3 Å². The third-order valence-electron chi connectivity index (χ3n) is 2.50. The van der Waals surface area contributed by atoms with Crippen molar-refractivity contribution in [3.05, 3.63) is 24.3 Å². The van der Waals surface area contributed by atoms with Crippen LogP contribution in [0.1, 0.15) is 0 Å². The van der Waals surface area contributed by atoms with Gasteiger partial charge < -0.3 is 10.2 Å². The first kappa shape index (κ1) is 14.6. The summed E-state index contributed by atoms with van der Waals surface area (Å²) in [5.74, 6) is -0.688. The predicted octanol–water partition coefficient (Wildman–Crippen LogP) is 2.67. The molecular formula is C11H10F3NO2S2. The molecule has 3 nitrogen and oxygen atoms in total. The Hall–Kier alpha value is -0.830. The molecule has 0 saturated heterocycles. The summed E-state index contributed by atoms with van der Waals surface area (Å²) in [6, 6.07) is 7.18. The van der Waals surface area contributed by atoms with Gasteiger partial charge in [0.05, 0.1) is 16.8 Å². The number of nitrogens with zero attached hydrogens (tertiary/aromatic N) is 1. The molecule has 0 bridgehead atoms. The van der Waals surface area contributed by atoms with Crippen LogP contribution in [0, 0.1) is 0 Å². The van der Waals surface area contributed by atoms with E-state index in [1.807, 2.05) is 12.1 Å². The number of hydrogen-bond acceptors (Lipinski definition) is 5. The number of aliphatic hydroxyl groups excluding tert-OH is 1. The minimum absolute atomic E-state index is 0.428. The van der Waals surface area contributed by atoms with Crippen molar-refractivity contribution >= 4 is 33.3 Å². The smallest absolute Gasteiger partial charge is 0.393 e. The second-order valence-electron chi connectivity index (χ2n) is 3.92. The Balaban J connectivity index is 2.13. The molecule has 2 aromatic rings. The monoisotopic (exact) mass is 309 g/mol. The van der Waals surface area contributed by atoms with Gasteiger partial charge in [0, 0.05) is 5.75 Å². The summed E-state index contributed by atoms with van der Waals surface area (Å²) in [4.78, 5) is 4.15. The molecule has 0 aliphatic carbocycles. The van der Waals surface area contributed by atoms with Gasteiger partial charge in [-0.1, -0.05) is 23.9 Å². The average molecular weight is 309 g/mol. The number of benzene rings is 1. The molecule has 1 heterocycles. The van der Waals surface area contributed by atoms with Crippen molar-refractivity contribution in [3.63, 3.8) is 0 Å². The second-order valence-corrected chi connectivity index (χ2v) is 6.18. The molecule has 0 saturated carbocycles. The quantitative estimate of drug-likeness (QED) is 0.853. The number of fused-ring (bicyclic) bond motifs is 1. The molecule has 0 spiro atoms. The highest BCUT2D eigenvalue weighted by atomic mass is 32.2. The van der Waals surface area contributed by atoms with Crippen molar-refractivity contribution in [1.82, 2.24) is 4.98 Å². The minimum atomic E-state index is -4.87. The number of thioether (sulfide) groups is 1. The molecule has 104 valence electrons. The lowest BCUT2D eigenvalue weighted by molar-refractivity contribution is -0.260. The summed E-state index contributed by atoms with van der Waals surface area (Å²) in [6.45, 7) is -1.37. The first-order chi connectivity index (χ1) is 8.86. The van der Waals surface area contributed by atoms with Gasteiger partial charge in [0.15, 0.2) is 9.94 Å². The van der Waals surface area contributed by atoms with Gasteiger partial charge in [0.2, 0.25) is 0 Å². The molecule has 0 aliphatic rings. The van der Waals surface area contributed by atoms with Crippen LogP contribution in [-0.2, 0) is 0 Å². The molecule has 0 amide bonds. The third kappa shape index (κ3) is 3.02. The molecular weight excluding hydrogens is 299 g/mol. The van der Waals surface area contributed by atoms with Crippen LogP contribution in [0.4, 0.5) is 13.2 Å². The fourth-order valence-electron chi connectivity index (χ4n) is 1.31. The van der Waals surface area contributed by atoms with E-state index < -0.39 is 24.1 Å². The van der Waals surface area contributed by atoms with Crippen molar-refractivity contribution in [1.29, 1.82) is 0 Å². The van der Waals surface area contributed by atoms with Crippen LogP contribution in [0.2, 0.25) is 0 Å². The maximum Gasteiger partial charge on any atom is 0.420 e. The number of hydrogen-bond donors (Lipinski definition) is 2. The van der Waals surface area contributed by atoms with E-state index in [0.717, 1.165) is 16.5 Å². The van der Waals surface area contributed by atoms with Crippen molar-refractivity contribution in [2.24, 2.45) is 0 Å². The first-order valence-corrected chi connectivity index (χ1v) is 7.04. The van der Waals surface area contributed by atoms with Gasteiger partial charge >= 0.3 is 6.18 Å². The normalized spacial score (nSPS) is 15.6. The van der Waals surface area contributed by atoms with Crippen LogP contribution in [0.25, 0.3) is 10.2 Å². The number of rotatable bonds is 4. The molecule has 2 rings (SSSR count). The summed E-state index contributed by atoms with van der Waals surface area (Å²) in [5, 5.41) is 18.1. The number of aromatic nitrogens is 1. The Morgan fingerprint density at radius 2 is 1.95 bits per heavy atom. The first-order valence-electron chi connectivity index (χ1n) is 5.24. The second kappa shape index (κ2) is 5.28. The number of halogens is 3. The number of aliphatic hydroxyl groups is 2. The number of alkyl halides is 3. The summed E-state index contributed by atoms with van der Waals surface area (Å²) >= 11 is 2.03. The van der Waals surface area contributed by atoms with Crippen LogP contribution in [0.3, 0.4) is 0 Å². The Labute approximate surface area is 115 Å². The van der Waals surface area contributed by atoms with Crippen LogP contribution in [0.15, 0.2) is 28.6 Å². The van der Waals surface area contributed by atoms with Gasteiger partial charge in [-0.05, 0) is 12.1 Å². The van der Waals surface area contributed by atoms with Crippen molar-refractivity contribution in [2.75, 3.05) is 12.4 Å². The molecule has 1 atom stereocenters. The number of thiazole rings is 1. The van der Waals surface area contributed by atoms with E-state index in [1.54, 1.807) is 12.1 Å². The summed E-state index contributed by atoms with van der Waals surface area (Å²) in [6.07, 6.45) is -4.87. The van der Waals surface area contributed by atoms with E-state index in [-0.39, 0.29) is 0 Å². The van der Waals surface area contributed by atoms with Gasteiger partial charge in [-0.2, -0.15) is 13.2 Å². The Kier molecular flexibility index (Phi) is 4.05. The van der Waals surface area contributed by atoms with Crippen LogP contribution >= 0.6 is 23.1 Å². The summed E-state index contributed by atoms with van der Waals surface area (Å²) in [5.41, 5.74) is -2.40. The largest absolute Gasteiger partial charge is 0.420 e. The van der Waals surface area contributed by atoms with Crippen LogP contribution in [0.5, 0.6) is 0 Å². The van der Waals surface area contributed by atoms with E-state index in [2.05, 4.69) is 4.98 Å². The van der Waals surface area contributed by atoms with Crippen LogP contribution in [-0.4, -0.2) is 39.3 Å². The van der Waals surface area contributed by atoms with E-state index in [4.69, 9.17) is 5.11 Å². The summed E-state index contributed by atoms with van der Waals surface area (Å²) in [7, 11) is 0. The Bertz CT molecular complexity index is 539. The Morgan fingerprint density at radius 1 is 1.26 bits per heavy atom. The van der Waals surface area contributed by atoms with Gasteiger partial charge in [0.25, 0.3) is 0 Å². The van der Waals surface area contributed by atoms with Crippen molar-refractivity contribution in [2.45, 2.75) is 16.1 Å². The van der Waals surface area contributed by atoms with E-state index >= 15 is 0 Å². The zero-order valence-electron chi connectivity index (χ0n) is 9.52. The molecule has 1 aromatic carbocycles. The highest BCUT2D eigenvalue weighted by molar-refractivity contribution is 8.01. The van der Waals surface area contributed by atoms with Crippen LogP contribution < -0.4 is 0 Å². The van der Waals surface area contributed by atoms with E-state index in [0.29, 0.717) is 9.86 Å². The molecule has 1 aromatic heterocycles. The molecule has 0 radical (unpaired) electrons. The van der Waals surface area contributed by atoms with Gasteiger partial charge in [-0.25, -0.2) is 4.98 Å². The lowest BCUT2D eigenvalue weighted by atomic mass is 10.1. The highest BCUT2D eigenvalue weighted by Crippen LogP contribution is 2.37. The molecule has 0 fully saturated rings. The zero-order chi connectivity index (χ0) is 14.1. The van der Waals surface area contributed by atoms with E-state index in [1.165, 1.54) is 11.3 Å². The lowest BCUT2D eigenvalue weighted by Crippen LogP contribution is -2.50. The maximum atomic E-state index is 12.6. The molecule has 0 unspecified atom stereocenters. The predicted molar refractivity (Wildman–Crippen MR) is 68.4 cm³/mol. The standard InChI is InChI=1S/C11H10F3NO2S2/c12-11(13,14)10(17,5-16)6-18-9-15-7-3-1-2-4-8(7)19-9/h1-4,16-17H,5-6H2/t10-/m1/s1. The average Bonchev–Trinajstić information content (AvgIpc) is 2.77. The zero-order valence-corrected chi connectivity index (χ0v) is 11.1. The fraction of sp³-hybridized carbons (Fsp3) is 0.364. The SMILES string of the molecule is OC[C@@](O)(CSc1nc2ccccc2s1)C(F)(F)F. The van der Waals surface area contributed by atoms with Gasteiger partial charge in [0.1, 0.15) is 0 Å². The third-order valence-corrected chi connectivity index (χ3v) is 4.89. The van der Waals surface area contributed by atoms with E-state index in [9.17, 15) is 18.3 Å². The Morgan fingerprint density at radius 3 is 2.53 bits per heavy atom. The maximum absolute atomic E-state index is 12.6. The number of para-hydroxylation sites is 1. The minimum Gasteiger partial charge on any atom is -0.393 e. The van der Waals surface area contributed by atoms with Crippen molar-refractivity contribution < 1.29 is 23.4 Å². The molecule has 2 N–H and O–H groups in total. The molecule has 19 heavy (non-hydrogen) atoms. The van der Waals surface area contributed by atoms with Gasteiger partial charge in [-0.3, -0.25) is 0 Å². The van der Waals surface area contributed by atoms with Crippen molar-refractivity contribution in [3.8, 4) is 0 Å². The molecule has 8 heteroatoms. The summed E-state index contributed by atoms with van der Waals surface area (Å²) < 4.78 is 39.0. The fourth-order valence-corrected chi connectivity index (χ4v) is 3.47. The highest BCUT2D eigenvalue weighted by Gasteiger charge is 2.53. The topological polar surface area (TPSA) is 53.4 Å². The lowest BCUT2D eigenvalue weighted by Gasteiger charge is -2.27. The molecule has 0 aliphatic heterocycles.